The van der Waals surface area contributed by atoms with Crippen LogP contribution in [0.25, 0.3) is 0 Å². The number of carbonyl (C=O) groups excluding carboxylic acids is 1. The van der Waals surface area contributed by atoms with Crippen molar-refractivity contribution >= 4 is 34.8 Å². The molecule has 9 heteroatoms. The molecule has 148 valence electrons. The number of nitrogens with one attached hydrogen (secondary N) is 1. The van der Waals surface area contributed by atoms with Crippen LogP contribution in [0.3, 0.4) is 0 Å². The zero-order valence-electron chi connectivity index (χ0n) is 15.7. The number of amides is 1. The van der Waals surface area contributed by atoms with Gasteiger partial charge in [-0.3, -0.25) is 14.2 Å². The summed E-state index contributed by atoms with van der Waals surface area (Å²) in [5.41, 5.74) is 2.83. The second-order valence-electron chi connectivity index (χ2n) is 6.49. The largest absolute Gasteiger partial charge is 0.321 e. The Hall–Kier alpha value is -2.38. The standard InChI is InChI=1S/C19H20Cl2FN5O/c1-4-17(27-10-14(20)8-23-27)19(28)24-18-11(2)25-26(12(18)3)9-13-5-6-15(22)7-16(13)21/h5-8,10,17H,4,9H2,1-3H3,(H,24,28). The Kier molecular flexibility index (Phi) is 6.05. The second kappa shape index (κ2) is 8.32. The lowest BCUT2D eigenvalue weighted by molar-refractivity contribution is -0.119. The Morgan fingerprint density at radius 2 is 2.07 bits per heavy atom. The molecule has 1 N–H and O–H groups in total. The van der Waals surface area contributed by atoms with Gasteiger partial charge in [0.25, 0.3) is 0 Å². The van der Waals surface area contributed by atoms with Crippen LogP contribution in [0.2, 0.25) is 10.0 Å². The molecule has 0 radical (unpaired) electrons. The minimum absolute atomic E-state index is 0.201. The molecule has 0 saturated carbocycles. The van der Waals surface area contributed by atoms with Gasteiger partial charge in [0.2, 0.25) is 5.91 Å². The molecule has 0 aliphatic carbocycles. The van der Waals surface area contributed by atoms with Crippen molar-refractivity contribution in [1.29, 1.82) is 0 Å². The molecule has 2 aromatic heterocycles. The van der Waals surface area contributed by atoms with Crippen molar-refractivity contribution in [2.75, 3.05) is 5.32 Å². The first-order valence-corrected chi connectivity index (χ1v) is 9.54. The number of aromatic nitrogens is 4. The molecule has 0 aliphatic rings. The minimum Gasteiger partial charge on any atom is -0.321 e. The molecule has 0 bridgehead atoms. The highest BCUT2D eigenvalue weighted by Gasteiger charge is 2.22. The number of carbonyl (C=O) groups is 1. The van der Waals surface area contributed by atoms with Crippen molar-refractivity contribution in [3.05, 3.63) is 63.4 Å². The molecule has 0 spiro atoms. The molecular weight excluding hydrogens is 404 g/mol. The summed E-state index contributed by atoms with van der Waals surface area (Å²) in [5.74, 6) is -0.591. The van der Waals surface area contributed by atoms with E-state index in [4.69, 9.17) is 23.2 Å². The van der Waals surface area contributed by atoms with Crippen molar-refractivity contribution in [3.63, 3.8) is 0 Å². The zero-order chi connectivity index (χ0) is 20.4. The van der Waals surface area contributed by atoms with Crippen molar-refractivity contribution in [2.24, 2.45) is 0 Å². The topological polar surface area (TPSA) is 64.7 Å². The van der Waals surface area contributed by atoms with E-state index in [1.165, 1.54) is 18.3 Å². The molecule has 2 heterocycles. The van der Waals surface area contributed by atoms with Crippen LogP contribution >= 0.6 is 23.2 Å². The van der Waals surface area contributed by atoms with E-state index >= 15 is 0 Å². The van der Waals surface area contributed by atoms with E-state index in [-0.39, 0.29) is 11.7 Å². The van der Waals surface area contributed by atoms with E-state index in [1.807, 2.05) is 20.8 Å². The fourth-order valence-electron chi connectivity index (χ4n) is 3.03. The van der Waals surface area contributed by atoms with Gasteiger partial charge in [0.05, 0.1) is 34.8 Å². The Balaban J connectivity index is 1.82. The summed E-state index contributed by atoms with van der Waals surface area (Å²) < 4.78 is 16.5. The number of anilines is 1. The van der Waals surface area contributed by atoms with Gasteiger partial charge in [-0.15, -0.1) is 0 Å². The van der Waals surface area contributed by atoms with E-state index in [1.54, 1.807) is 21.6 Å². The maximum Gasteiger partial charge on any atom is 0.249 e. The lowest BCUT2D eigenvalue weighted by Gasteiger charge is -2.16. The van der Waals surface area contributed by atoms with Crippen molar-refractivity contribution < 1.29 is 9.18 Å². The van der Waals surface area contributed by atoms with Gasteiger partial charge in [-0.2, -0.15) is 10.2 Å². The van der Waals surface area contributed by atoms with E-state index in [2.05, 4.69) is 15.5 Å². The summed E-state index contributed by atoms with van der Waals surface area (Å²) >= 11 is 12.0. The third-order valence-electron chi connectivity index (χ3n) is 4.54. The number of nitrogens with zero attached hydrogens (tertiary/aromatic N) is 4. The SMILES string of the molecule is CCC(C(=O)Nc1c(C)nn(Cc2ccc(F)cc2Cl)c1C)n1cc(Cl)cn1. The number of aryl methyl sites for hydroxylation is 1. The van der Waals surface area contributed by atoms with E-state index in [0.717, 1.165) is 11.3 Å². The molecule has 3 rings (SSSR count). The average molecular weight is 424 g/mol. The third-order valence-corrected chi connectivity index (χ3v) is 5.09. The van der Waals surface area contributed by atoms with Gasteiger partial charge in [0.1, 0.15) is 11.9 Å². The number of hydrogen-bond donors (Lipinski definition) is 1. The molecule has 0 fully saturated rings. The number of halogens is 3. The summed E-state index contributed by atoms with van der Waals surface area (Å²) in [6.07, 6.45) is 3.68. The predicted octanol–water partition coefficient (Wildman–Crippen LogP) is 4.78. The predicted molar refractivity (Wildman–Crippen MR) is 107 cm³/mol. The Morgan fingerprint density at radius 3 is 2.68 bits per heavy atom. The van der Waals surface area contributed by atoms with Crippen LogP contribution in [0.4, 0.5) is 10.1 Å². The lowest BCUT2D eigenvalue weighted by atomic mass is 10.2. The highest BCUT2D eigenvalue weighted by atomic mass is 35.5. The third kappa shape index (κ3) is 4.20. The second-order valence-corrected chi connectivity index (χ2v) is 7.33. The molecule has 6 nitrogen and oxygen atoms in total. The monoisotopic (exact) mass is 423 g/mol. The van der Waals surface area contributed by atoms with Crippen molar-refractivity contribution in [1.82, 2.24) is 19.6 Å². The van der Waals surface area contributed by atoms with Crippen molar-refractivity contribution in [2.45, 2.75) is 39.8 Å². The Morgan fingerprint density at radius 1 is 1.32 bits per heavy atom. The maximum absolute atomic E-state index is 13.3. The summed E-state index contributed by atoms with van der Waals surface area (Å²) in [6, 6.07) is 3.77. The molecule has 28 heavy (non-hydrogen) atoms. The first-order valence-electron chi connectivity index (χ1n) is 8.78. The number of rotatable bonds is 6. The van der Waals surface area contributed by atoms with Gasteiger partial charge in [-0.05, 0) is 38.0 Å². The van der Waals surface area contributed by atoms with Crippen LogP contribution in [0.1, 0.15) is 36.3 Å². The lowest BCUT2D eigenvalue weighted by Crippen LogP contribution is -2.26. The van der Waals surface area contributed by atoms with Crippen LogP contribution in [0.5, 0.6) is 0 Å². The molecule has 1 atom stereocenters. The van der Waals surface area contributed by atoms with Crippen LogP contribution in [0.15, 0.2) is 30.6 Å². The first-order chi connectivity index (χ1) is 13.3. The Labute approximate surface area is 172 Å². The van der Waals surface area contributed by atoms with Crippen LogP contribution < -0.4 is 5.32 Å². The summed E-state index contributed by atoms with van der Waals surface area (Å²) in [4.78, 5) is 12.8. The highest BCUT2D eigenvalue weighted by Crippen LogP contribution is 2.25. The van der Waals surface area contributed by atoms with Crippen LogP contribution in [-0.2, 0) is 11.3 Å². The summed E-state index contributed by atoms with van der Waals surface area (Å²) in [7, 11) is 0. The van der Waals surface area contributed by atoms with Gasteiger partial charge in [0.15, 0.2) is 0 Å². The molecule has 1 aromatic carbocycles. The van der Waals surface area contributed by atoms with E-state index in [9.17, 15) is 9.18 Å². The molecule has 1 unspecified atom stereocenters. The summed E-state index contributed by atoms with van der Waals surface area (Å²) in [6.45, 7) is 5.95. The molecule has 3 aromatic rings. The molecule has 1 amide bonds. The van der Waals surface area contributed by atoms with Crippen LogP contribution in [-0.4, -0.2) is 25.5 Å². The van der Waals surface area contributed by atoms with Crippen molar-refractivity contribution in [3.8, 4) is 0 Å². The molecular formula is C19H20Cl2FN5O. The quantitative estimate of drug-likeness (QED) is 0.620. The summed E-state index contributed by atoms with van der Waals surface area (Å²) in [5, 5.41) is 12.4. The highest BCUT2D eigenvalue weighted by molar-refractivity contribution is 6.31. The van der Waals surface area contributed by atoms with E-state index < -0.39 is 6.04 Å². The van der Waals surface area contributed by atoms with Gasteiger partial charge < -0.3 is 5.32 Å². The first kappa shape index (κ1) is 20.4. The Bertz CT molecular complexity index is 1010. The number of hydrogen-bond acceptors (Lipinski definition) is 3. The maximum atomic E-state index is 13.3. The average Bonchev–Trinajstić information content (AvgIpc) is 3.17. The van der Waals surface area contributed by atoms with E-state index in [0.29, 0.717) is 34.4 Å². The smallest absolute Gasteiger partial charge is 0.249 e. The van der Waals surface area contributed by atoms with Crippen LogP contribution in [0, 0.1) is 19.7 Å². The van der Waals surface area contributed by atoms with Gasteiger partial charge >= 0.3 is 0 Å². The molecule has 0 saturated heterocycles. The fraction of sp³-hybridized carbons (Fsp3) is 0.316. The number of benzene rings is 1. The van der Waals surface area contributed by atoms with Gasteiger partial charge in [0, 0.05) is 11.2 Å². The molecule has 0 aliphatic heterocycles. The minimum atomic E-state index is -0.485. The van der Waals surface area contributed by atoms with Gasteiger partial charge in [-0.25, -0.2) is 4.39 Å². The zero-order valence-corrected chi connectivity index (χ0v) is 17.2. The van der Waals surface area contributed by atoms with Gasteiger partial charge in [-0.1, -0.05) is 36.2 Å². The normalized spacial score (nSPS) is 12.2. The fourth-order valence-corrected chi connectivity index (χ4v) is 3.40.